The fraction of sp³-hybridized carbons (Fsp3) is 0. The Morgan fingerprint density at radius 3 is 2.36 bits per heavy atom. The number of nitro benzene ring substituents is 1. The highest BCUT2D eigenvalue weighted by Crippen LogP contribution is 2.35. The number of carbonyl (C=O) groups is 2. The van der Waals surface area contributed by atoms with Crippen molar-refractivity contribution in [3.05, 3.63) is 87.0 Å². The van der Waals surface area contributed by atoms with Gasteiger partial charge < -0.3 is 0 Å². The molecule has 0 fully saturated rings. The van der Waals surface area contributed by atoms with Crippen molar-refractivity contribution in [1.82, 2.24) is 5.01 Å². The lowest BCUT2D eigenvalue weighted by molar-refractivity contribution is -0.383. The molecule has 9 heteroatoms. The van der Waals surface area contributed by atoms with E-state index in [0.29, 0.717) is 5.01 Å². The molecule has 0 spiro atoms. The van der Waals surface area contributed by atoms with Gasteiger partial charge in [0.2, 0.25) is 0 Å². The Hall–Kier alpha value is -4.01. The summed E-state index contributed by atoms with van der Waals surface area (Å²) in [5.41, 5.74) is 0.0867. The van der Waals surface area contributed by atoms with E-state index in [1.807, 2.05) is 0 Å². The molecule has 0 saturated carbocycles. The minimum atomic E-state index is -1.09. The molecule has 1 heterocycles. The fourth-order valence-electron chi connectivity index (χ4n) is 3.05. The number of hydrogen-bond donors (Lipinski definition) is 0. The van der Waals surface area contributed by atoms with Crippen molar-refractivity contribution in [2.45, 2.75) is 0 Å². The number of nitrogens with zero attached hydrogens (tertiary/aromatic N) is 3. The minimum absolute atomic E-state index is 0.0817. The van der Waals surface area contributed by atoms with Crippen molar-refractivity contribution in [2.75, 3.05) is 0 Å². The van der Waals surface area contributed by atoms with Gasteiger partial charge in [0.15, 0.2) is 11.6 Å². The summed E-state index contributed by atoms with van der Waals surface area (Å²) in [5, 5.41) is 16.0. The van der Waals surface area contributed by atoms with Crippen molar-refractivity contribution >= 4 is 34.5 Å². The second-order valence-electron chi connectivity index (χ2n) is 5.96. The molecule has 0 atom stereocenters. The van der Waals surface area contributed by atoms with Crippen LogP contribution in [0.5, 0.6) is 0 Å². The summed E-state index contributed by atoms with van der Waals surface area (Å²) in [6, 6.07) is 9.82. The number of benzene rings is 3. The summed E-state index contributed by atoms with van der Waals surface area (Å²) in [4.78, 5) is 36.1. The smallest absolute Gasteiger partial charge is 0.267 e. The largest absolute Gasteiger partial charge is 0.282 e. The number of amides is 2. The lowest BCUT2D eigenvalue weighted by Gasteiger charge is -2.22. The number of carbonyl (C=O) groups excluding carboxylic acids is 2. The van der Waals surface area contributed by atoms with Crippen LogP contribution in [0.3, 0.4) is 0 Å². The summed E-state index contributed by atoms with van der Waals surface area (Å²) in [6.07, 6.45) is 1.05. The van der Waals surface area contributed by atoms with Crippen LogP contribution in [0, 0.1) is 21.7 Å². The van der Waals surface area contributed by atoms with Gasteiger partial charge in [-0.25, -0.2) is 8.78 Å². The number of rotatable bonds is 3. The molecular formula is C19H9F2N3O4. The maximum absolute atomic E-state index is 13.3. The van der Waals surface area contributed by atoms with Crippen LogP contribution < -0.4 is 0 Å². The van der Waals surface area contributed by atoms with E-state index < -0.39 is 28.4 Å². The van der Waals surface area contributed by atoms with E-state index in [1.165, 1.54) is 36.4 Å². The average molecular weight is 381 g/mol. The van der Waals surface area contributed by atoms with Crippen LogP contribution in [0.2, 0.25) is 0 Å². The molecule has 2 amide bonds. The summed E-state index contributed by atoms with van der Waals surface area (Å²) in [7, 11) is 0. The third-order valence-corrected chi connectivity index (χ3v) is 4.33. The van der Waals surface area contributed by atoms with E-state index in [-0.39, 0.29) is 33.2 Å². The van der Waals surface area contributed by atoms with E-state index in [1.54, 1.807) is 0 Å². The molecule has 1 aliphatic rings. The van der Waals surface area contributed by atoms with Gasteiger partial charge in [0.1, 0.15) is 0 Å². The maximum Gasteiger partial charge on any atom is 0.282 e. The Kier molecular flexibility index (Phi) is 3.92. The molecule has 4 rings (SSSR count). The molecule has 138 valence electrons. The molecule has 7 nitrogen and oxygen atoms in total. The molecule has 0 aliphatic carbocycles. The van der Waals surface area contributed by atoms with Gasteiger partial charge in [0.25, 0.3) is 17.5 Å². The molecule has 3 aromatic carbocycles. The van der Waals surface area contributed by atoms with Gasteiger partial charge in [0, 0.05) is 11.5 Å². The Bertz CT molecular complexity index is 1200. The molecule has 0 radical (unpaired) electrons. The van der Waals surface area contributed by atoms with Crippen LogP contribution in [0.15, 0.2) is 53.6 Å². The van der Waals surface area contributed by atoms with Crippen LogP contribution >= 0.6 is 0 Å². The van der Waals surface area contributed by atoms with Gasteiger partial charge in [0.05, 0.1) is 27.7 Å². The van der Waals surface area contributed by atoms with Crippen molar-refractivity contribution < 1.29 is 23.3 Å². The fourth-order valence-corrected chi connectivity index (χ4v) is 3.05. The molecular weight excluding hydrogens is 372 g/mol. The molecule has 3 aromatic rings. The van der Waals surface area contributed by atoms with Crippen molar-refractivity contribution in [3.63, 3.8) is 0 Å². The van der Waals surface area contributed by atoms with Crippen LogP contribution in [0.25, 0.3) is 10.8 Å². The second kappa shape index (κ2) is 6.31. The average Bonchev–Trinajstić information content (AvgIpc) is 2.68. The number of non-ortho nitro benzene ring substituents is 1. The molecule has 0 N–H and O–H groups in total. The van der Waals surface area contributed by atoms with Gasteiger partial charge in [-0.1, -0.05) is 12.1 Å². The number of halogens is 2. The standard InChI is InChI=1S/C19H9F2N3O4/c20-14-6-4-10(8-15(14)21)9-22-23-18(25)12-3-1-2-11-16(24(27)28)7-5-13(17(11)12)19(23)26/h1-9H/b22-9-. The Balaban J connectivity index is 1.81. The highest BCUT2D eigenvalue weighted by Gasteiger charge is 2.34. The van der Waals surface area contributed by atoms with Crippen LogP contribution in [0.4, 0.5) is 14.5 Å². The maximum atomic E-state index is 13.3. The van der Waals surface area contributed by atoms with Crippen LogP contribution in [-0.4, -0.2) is 28.0 Å². The monoisotopic (exact) mass is 381 g/mol. The zero-order valence-electron chi connectivity index (χ0n) is 13.9. The Labute approximate surface area is 155 Å². The number of hydrogen-bond acceptors (Lipinski definition) is 5. The van der Waals surface area contributed by atoms with E-state index in [0.717, 1.165) is 18.3 Å². The van der Waals surface area contributed by atoms with Gasteiger partial charge in [-0.05, 0) is 35.9 Å². The molecule has 0 aromatic heterocycles. The first-order chi connectivity index (χ1) is 13.4. The zero-order valence-corrected chi connectivity index (χ0v) is 13.9. The molecule has 28 heavy (non-hydrogen) atoms. The van der Waals surface area contributed by atoms with Crippen LogP contribution in [0.1, 0.15) is 26.3 Å². The molecule has 1 aliphatic heterocycles. The first-order valence-electron chi connectivity index (χ1n) is 7.96. The van der Waals surface area contributed by atoms with Gasteiger partial charge in [-0.2, -0.15) is 10.1 Å². The summed E-state index contributed by atoms with van der Waals surface area (Å²) in [6.45, 7) is 0. The van der Waals surface area contributed by atoms with Crippen molar-refractivity contribution in [2.24, 2.45) is 5.10 Å². The SMILES string of the molecule is O=C1c2cccc3c([N+](=O)[O-])ccc(c23)C(=O)N1/N=C\c1ccc(F)c(F)c1. The van der Waals surface area contributed by atoms with Crippen molar-refractivity contribution in [1.29, 1.82) is 0 Å². The van der Waals surface area contributed by atoms with Crippen molar-refractivity contribution in [3.8, 4) is 0 Å². The van der Waals surface area contributed by atoms with Crippen LogP contribution in [-0.2, 0) is 0 Å². The third kappa shape index (κ3) is 2.60. The van der Waals surface area contributed by atoms with E-state index in [9.17, 15) is 28.5 Å². The summed E-state index contributed by atoms with van der Waals surface area (Å²) >= 11 is 0. The van der Waals surface area contributed by atoms with E-state index in [2.05, 4.69) is 5.10 Å². The molecule has 0 unspecified atom stereocenters. The topological polar surface area (TPSA) is 92.9 Å². The number of nitro groups is 1. The zero-order chi connectivity index (χ0) is 20.0. The van der Waals surface area contributed by atoms with Gasteiger partial charge >= 0.3 is 0 Å². The second-order valence-corrected chi connectivity index (χ2v) is 5.96. The predicted molar refractivity (Wildman–Crippen MR) is 95.1 cm³/mol. The number of hydrazone groups is 1. The first-order valence-corrected chi connectivity index (χ1v) is 7.96. The van der Waals surface area contributed by atoms with Gasteiger partial charge in [-0.3, -0.25) is 19.7 Å². The van der Waals surface area contributed by atoms with E-state index in [4.69, 9.17) is 0 Å². The normalized spacial score (nSPS) is 13.6. The lowest BCUT2D eigenvalue weighted by Crippen LogP contribution is -2.36. The minimum Gasteiger partial charge on any atom is -0.267 e. The Morgan fingerprint density at radius 2 is 1.68 bits per heavy atom. The summed E-state index contributed by atoms with van der Waals surface area (Å²) in [5.74, 6) is -3.68. The van der Waals surface area contributed by atoms with E-state index >= 15 is 0 Å². The Morgan fingerprint density at radius 1 is 0.964 bits per heavy atom. The third-order valence-electron chi connectivity index (χ3n) is 4.33. The quantitative estimate of drug-likeness (QED) is 0.300. The lowest BCUT2D eigenvalue weighted by atomic mass is 9.94. The van der Waals surface area contributed by atoms with Gasteiger partial charge in [-0.15, -0.1) is 0 Å². The molecule has 0 saturated heterocycles. The predicted octanol–water partition coefficient (Wildman–Crippen LogP) is 3.66. The summed E-state index contributed by atoms with van der Waals surface area (Å²) < 4.78 is 26.3. The number of imide groups is 1. The highest BCUT2D eigenvalue weighted by atomic mass is 19.2. The highest BCUT2D eigenvalue weighted by molar-refractivity contribution is 6.26. The first kappa shape index (κ1) is 17.4. The molecule has 0 bridgehead atoms.